The van der Waals surface area contributed by atoms with Crippen molar-refractivity contribution in [1.29, 1.82) is 0 Å². The third-order valence-corrected chi connectivity index (χ3v) is 12.2. The number of benzene rings is 4. The Morgan fingerprint density at radius 3 is 1.75 bits per heavy atom. The van der Waals surface area contributed by atoms with E-state index >= 15 is 0 Å². The minimum absolute atomic E-state index is 0.0510. The van der Waals surface area contributed by atoms with Crippen LogP contribution in [0.25, 0.3) is 61.2 Å². The van der Waals surface area contributed by atoms with Gasteiger partial charge in [0, 0.05) is 50.8 Å². The van der Waals surface area contributed by atoms with E-state index in [1.54, 1.807) is 0 Å². The number of pyridine rings is 2. The lowest BCUT2D eigenvalue weighted by molar-refractivity contribution is 0.590. The maximum Gasteiger partial charge on any atom is 0.0972 e. The second kappa shape index (κ2) is 11.6. The molecule has 3 aromatic heterocycles. The molecule has 4 aromatic carbocycles. The number of aryl methyl sites for hydroxylation is 2. The highest BCUT2D eigenvalue weighted by atomic mass is 15.0. The van der Waals surface area contributed by atoms with Crippen molar-refractivity contribution in [2.45, 2.75) is 79.7 Å². The fourth-order valence-corrected chi connectivity index (χ4v) is 8.98. The Morgan fingerprint density at radius 1 is 0.564 bits per heavy atom. The van der Waals surface area contributed by atoms with E-state index in [2.05, 4.69) is 170 Å². The molecule has 0 N–H and O–H groups in total. The summed E-state index contributed by atoms with van der Waals surface area (Å²) < 4.78 is 2.52. The largest absolute Gasteiger partial charge is 0.336 e. The molecule has 0 unspecified atom stereocenters. The Hall–Kier alpha value is -5.87. The van der Waals surface area contributed by atoms with Gasteiger partial charge in [-0.3, -0.25) is 0 Å². The topological polar surface area (TPSA) is 43.1 Å². The number of hydrogen-bond acceptors (Lipinski definition) is 3. The van der Waals surface area contributed by atoms with Gasteiger partial charge in [0.2, 0.25) is 0 Å². The Bertz CT molecular complexity index is 2910. The first kappa shape index (κ1) is 33.7. The van der Waals surface area contributed by atoms with Crippen LogP contribution in [0.4, 0.5) is 0 Å². The van der Waals surface area contributed by atoms with Gasteiger partial charge >= 0.3 is 0 Å². The van der Waals surface area contributed by atoms with E-state index in [1.807, 2.05) is 0 Å². The lowest BCUT2D eigenvalue weighted by Gasteiger charge is -2.23. The molecule has 10 bridgehead atoms. The van der Waals surface area contributed by atoms with Gasteiger partial charge in [-0.2, -0.15) is 0 Å². The van der Waals surface area contributed by atoms with Gasteiger partial charge in [0.15, 0.2) is 0 Å². The second-order valence-electron chi connectivity index (χ2n) is 17.9. The normalized spacial score (nSPS) is 14.5. The molecule has 270 valence electrons. The van der Waals surface area contributed by atoms with Gasteiger partial charge in [0.05, 0.1) is 39.5 Å². The summed E-state index contributed by atoms with van der Waals surface area (Å²) in [4.78, 5) is 16.6. The number of nitrogens with zero attached hydrogens (tertiary/aromatic N) is 4. The molecule has 6 heterocycles. The van der Waals surface area contributed by atoms with Gasteiger partial charge < -0.3 is 4.57 Å². The Morgan fingerprint density at radius 2 is 1.11 bits per heavy atom. The van der Waals surface area contributed by atoms with Crippen molar-refractivity contribution in [3.05, 3.63) is 159 Å². The Balaban J connectivity index is 1.37. The van der Waals surface area contributed by atoms with Crippen molar-refractivity contribution in [3.63, 3.8) is 0 Å². The number of hydrogen-bond donors (Lipinski definition) is 0. The molecule has 0 amide bonds. The molecule has 4 nitrogen and oxygen atoms in total. The number of fused-ring (bicyclic) bond motifs is 9. The van der Waals surface area contributed by atoms with E-state index in [9.17, 15) is 0 Å². The molecular weight excluding hydrogens is 669 g/mol. The summed E-state index contributed by atoms with van der Waals surface area (Å²) in [5.41, 5.74) is 22.8. The third kappa shape index (κ3) is 5.14. The van der Waals surface area contributed by atoms with Crippen molar-refractivity contribution in [2.24, 2.45) is 4.99 Å². The Labute approximate surface area is 324 Å². The van der Waals surface area contributed by atoms with Crippen molar-refractivity contribution in [1.82, 2.24) is 14.5 Å². The molecule has 0 radical (unpaired) electrons. The lowest BCUT2D eigenvalue weighted by atomic mass is 9.82. The minimum Gasteiger partial charge on any atom is -0.336 e. The molecule has 0 fully saturated rings. The highest BCUT2D eigenvalue weighted by Gasteiger charge is 2.31. The van der Waals surface area contributed by atoms with Crippen molar-refractivity contribution in [2.75, 3.05) is 0 Å². The number of aromatic nitrogens is 3. The van der Waals surface area contributed by atoms with Crippen LogP contribution in [0.1, 0.15) is 91.7 Å². The van der Waals surface area contributed by atoms with E-state index in [4.69, 9.17) is 15.0 Å². The van der Waals surface area contributed by atoms with E-state index < -0.39 is 0 Å². The van der Waals surface area contributed by atoms with Gasteiger partial charge in [-0.15, -0.1) is 0 Å². The highest BCUT2D eigenvalue weighted by Crippen LogP contribution is 2.46. The Kier molecular flexibility index (Phi) is 7.08. The first-order chi connectivity index (χ1) is 26.2. The number of rotatable bonds is 1. The van der Waals surface area contributed by atoms with Crippen LogP contribution in [0.15, 0.2) is 114 Å². The van der Waals surface area contributed by atoms with Crippen molar-refractivity contribution >= 4 is 33.1 Å². The lowest BCUT2D eigenvalue weighted by Crippen LogP contribution is -2.14. The summed E-state index contributed by atoms with van der Waals surface area (Å²) in [5.74, 6) is 0. The van der Waals surface area contributed by atoms with Crippen LogP contribution >= 0.6 is 0 Å². The summed E-state index contributed by atoms with van der Waals surface area (Å²) in [6, 6.07) is 34.0. The molecule has 0 spiro atoms. The van der Waals surface area contributed by atoms with E-state index in [1.165, 1.54) is 67.0 Å². The summed E-state index contributed by atoms with van der Waals surface area (Å²) in [6.07, 6.45) is 4.46. The van der Waals surface area contributed by atoms with Crippen LogP contribution in [0, 0.1) is 20.8 Å². The van der Waals surface area contributed by atoms with Crippen LogP contribution in [-0.2, 0) is 17.4 Å². The van der Waals surface area contributed by atoms with Gasteiger partial charge in [-0.25, -0.2) is 15.0 Å². The molecule has 4 heteroatoms. The van der Waals surface area contributed by atoms with Crippen molar-refractivity contribution < 1.29 is 0 Å². The predicted molar refractivity (Wildman–Crippen MR) is 230 cm³/mol. The zero-order valence-electron chi connectivity index (χ0n) is 33.3. The van der Waals surface area contributed by atoms with E-state index in [0.29, 0.717) is 0 Å². The maximum atomic E-state index is 5.56. The standard InChI is InChI=1S/C51H46N4/c1-28-11-10-12-29(2)46(28)47-43-20-19-40(52-43)35-23-33(50(4,5)6)24-36(30(35)3)41-17-15-31-13-14-32-16-18-42(54-49(32)48(31)53-41)37-25-34(51(7,8)9)26-38-39(37)27-55-44(38)21-22-45(47)55/h10-26H,27H2,1-9H3. The zero-order valence-corrected chi connectivity index (χ0v) is 33.3. The maximum absolute atomic E-state index is 5.56. The average Bonchev–Trinajstić information content (AvgIpc) is 3.88. The summed E-state index contributed by atoms with van der Waals surface area (Å²) >= 11 is 0. The summed E-state index contributed by atoms with van der Waals surface area (Å²) in [7, 11) is 0. The van der Waals surface area contributed by atoms with E-state index in [0.717, 1.165) is 62.3 Å². The molecule has 0 atom stereocenters. The molecule has 3 aliphatic heterocycles. The van der Waals surface area contributed by atoms with Gasteiger partial charge in [-0.1, -0.05) is 84.0 Å². The molecule has 10 rings (SSSR count). The van der Waals surface area contributed by atoms with Gasteiger partial charge in [0.25, 0.3) is 0 Å². The van der Waals surface area contributed by atoms with Crippen LogP contribution in [0.2, 0.25) is 0 Å². The number of aliphatic imine (C=N–C) groups is 1. The molecule has 55 heavy (non-hydrogen) atoms. The van der Waals surface area contributed by atoms with Crippen LogP contribution < -0.4 is 0 Å². The highest BCUT2D eigenvalue weighted by molar-refractivity contribution is 6.14. The predicted octanol–water partition coefficient (Wildman–Crippen LogP) is 12.6. The molecular formula is C51H46N4. The molecule has 0 saturated carbocycles. The van der Waals surface area contributed by atoms with Crippen LogP contribution in [-0.4, -0.2) is 20.2 Å². The minimum atomic E-state index is -0.0803. The summed E-state index contributed by atoms with van der Waals surface area (Å²) in [5, 5.41) is 2.18. The average molecular weight is 715 g/mol. The molecule has 0 saturated heterocycles. The van der Waals surface area contributed by atoms with Crippen LogP contribution in [0.5, 0.6) is 0 Å². The van der Waals surface area contributed by atoms with Gasteiger partial charge in [-0.05, 0) is 131 Å². The monoisotopic (exact) mass is 714 g/mol. The van der Waals surface area contributed by atoms with Crippen molar-refractivity contribution in [3.8, 4) is 33.8 Å². The van der Waals surface area contributed by atoms with Crippen LogP contribution in [0.3, 0.4) is 0 Å². The summed E-state index contributed by atoms with van der Waals surface area (Å²) in [6.45, 7) is 21.2. The SMILES string of the molecule is Cc1cccc(C)c1C1=C2C=CC(=N2)c2cc(C(C)(C)C)cc(c2C)-c2ccc3ccc4ccc(nc4c3n2)-c2cc(C(C)(C)C)cc3c2Cn2c1ccc2-3. The van der Waals surface area contributed by atoms with E-state index in [-0.39, 0.29) is 10.8 Å². The first-order valence-electron chi connectivity index (χ1n) is 19.6. The first-order valence-corrected chi connectivity index (χ1v) is 19.6. The zero-order chi connectivity index (χ0) is 38.1. The molecule has 7 aromatic rings. The third-order valence-electron chi connectivity index (χ3n) is 12.2. The number of allylic oxidation sites excluding steroid dienone is 2. The molecule has 3 aliphatic rings. The fraction of sp³-hybridized carbons (Fsp3) is 0.235. The molecule has 0 aliphatic carbocycles. The second-order valence-corrected chi connectivity index (χ2v) is 17.9. The van der Waals surface area contributed by atoms with Gasteiger partial charge in [0.1, 0.15) is 0 Å². The quantitative estimate of drug-likeness (QED) is 0.159. The smallest absolute Gasteiger partial charge is 0.0972 e. The fourth-order valence-electron chi connectivity index (χ4n) is 8.98.